The van der Waals surface area contributed by atoms with E-state index in [1.807, 2.05) is 39.0 Å². The van der Waals surface area contributed by atoms with E-state index in [0.717, 1.165) is 36.7 Å². The van der Waals surface area contributed by atoms with Gasteiger partial charge in [-0.2, -0.15) is 0 Å². The minimum Gasteiger partial charge on any atom is -0.493 e. The molecule has 0 atom stereocenters. The summed E-state index contributed by atoms with van der Waals surface area (Å²) >= 11 is 0. The van der Waals surface area contributed by atoms with E-state index in [1.165, 1.54) is 0 Å². The molecule has 3 N–H and O–H groups in total. The van der Waals surface area contributed by atoms with Crippen LogP contribution in [-0.2, 0) is 6.54 Å². The van der Waals surface area contributed by atoms with Gasteiger partial charge in [-0.15, -0.1) is 24.0 Å². The van der Waals surface area contributed by atoms with Gasteiger partial charge < -0.3 is 25.4 Å². The molecule has 7 heteroatoms. The molecule has 0 aliphatic heterocycles. The summed E-state index contributed by atoms with van der Waals surface area (Å²) in [6.07, 6.45) is 0. The Bertz CT molecular complexity index is 555. The average Bonchev–Trinajstić information content (AvgIpc) is 2.56. The van der Waals surface area contributed by atoms with E-state index in [1.54, 1.807) is 7.11 Å². The monoisotopic (exact) mass is 478 g/mol. The zero-order valence-corrected chi connectivity index (χ0v) is 19.3. The first-order chi connectivity index (χ1) is 11.8. The fourth-order valence-electron chi connectivity index (χ4n) is 2.35. The molecule has 0 heterocycles. The number of methoxy groups -OCH3 is 1. The molecule has 0 radical (unpaired) electrons. The Morgan fingerprint density at radius 3 is 2.38 bits per heavy atom. The first-order valence-corrected chi connectivity index (χ1v) is 8.89. The predicted molar refractivity (Wildman–Crippen MR) is 120 cm³/mol. The molecule has 0 aromatic heterocycles. The quantitative estimate of drug-likeness (QED) is 0.324. The SMILES string of the molecule is CCN(CC)CCOc1ccc(CN=C(N)NC(C)(C)C)cc1OC.I. The van der Waals surface area contributed by atoms with Crippen LogP contribution in [0.25, 0.3) is 0 Å². The van der Waals surface area contributed by atoms with Crippen molar-refractivity contribution in [1.29, 1.82) is 0 Å². The molecule has 1 aromatic carbocycles. The van der Waals surface area contributed by atoms with Crippen LogP contribution < -0.4 is 20.5 Å². The van der Waals surface area contributed by atoms with Gasteiger partial charge in [0.2, 0.25) is 0 Å². The molecule has 0 saturated heterocycles. The molecule has 0 amide bonds. The van der Waals surface area contributed by atoms with E-state index >= 15 is 0 Å². The maximum Gasteiger partial charge on any atom is 0.189 e. The summed E-state index contributed by atoms with van der Waals surface area (Å²) in [4.78, 5) is 6.69. The van der Waals surface area contributed by atoms with Crippen LogP contribution in [0.5, 0.6) is 11.5 Å². The van der Waals surface area contributed by atoms with E-state index in [-0.39, 0.29) is 29.5 Å². The lowest BCUT2D eigenvalue weighted by Gasteiger charge is -2.21. The van der Waals surface area contributed by atoms with Crippen LogP contribution in [-0.4, -0.2) is 49.7 Å². The van der Waals surface area contributed by atoms with Gasteiger partial charge in [0, 0.05) is 12.1 Å². The zero-order chi connectivity index (χ0) is 18.9. The van der Waals surface area contributed by atoms with Crippen LogP contribution in [0.4, 0.5) is 0 Å². The average molecular weight is 478 g/mol. The summed E-state index contributed by atoms with van der Waals surface area (Å²) in [5.41, 5.74) is 6.82. The third-order valence-corrected chi connectivity index (χ3v) is 3.72. The molecule has 1 rings (SSSR count). The van der Waals surface area contributed by atoms with Crippen molar-refractivity contribution in [2.45, 2.75) is 46.7 Å². The van der Waals surface area contributed by atoms with Gasteiger partial charge in [-0.3, -0.25) is 0 Å². The number of hydrogen-bond donors (Lipinski definition) is 2. The van der Waals surface area contributed by atoms with Gasteiger partial charge in [0.1, 0.15) is 6.61 Å². The molecule has 0 bridgehead atoms. The Labute approximate surface area is 175 Å². The Hall–Kier alpha value is -1.22. The normalized spacial score (nSPS) is 11.9. The Morgan fingerprint density at radius 1 is 1.19 bits per heavy atom. The number of rotatable bonds is 9. The van der Waals surface area contributed by atoms with Crippen LogP contribution >= 0.6 is 24.0 Å². The molecule has 0 saturated carbocycles. The third-order valence-electron chi connectivity index (χ3n) is 3.72. The van der Waals surface area contributed by atoms with Crippen molar-refractivity contribution in [2.24, 2.45) is 10.7 Å². The second kappa shape index (κ2) is 12.2. The summed E-state index contributed by atoms with van der Waals surface area (Å²) in [6, 6.07) is 5.86. The Kier molecular flexibility index (Phi) is 11.6. The summed E-state index contributed by atoms with van der Waals surface area (Å²) in [6.45, 7) is 14.5. The lowest BCUT2D eigenvalue weighted by Crippen LogP contribution is -2.44. The fourth-order valence-corrected chi connectivity index (χ4v) is 2.35. The smallest absolute Gasteiger partial charge is 0.189 e. The van der Waals surface area contributed by atoms with Crippen LogP contribution in [0, 0.1) is 0 Å². The summed E-state index contributed by atoms with van der Waals surface area (Å²) in [5, 5.41) is 3.15. The molecule has 0 fully saturated rings. The van der Waals surface area contributed by atoms with Gasteiger partial charge in [0.05, 0.1) is 13.7 Å². The number of ether oxygens (including phenoxy) is 2. The highest BCUT2D eigenvalue weighted by Gasteiger charge is 2.10. The number of hydrogen-bond acceptors (Lipinski definition) is 4. The van der Waals surface area contributed by atoms with E-state index in [0.29, 0.717) is 19.1 Å². The highest BCUT2D eigenvalue weighted by Crippen LogP contribution is 2.28. The summed E-state index contributed by atoms with van der Waals surface area (Å²) in [5.74, 6) is 1.91. The summed E-state index contributed by atoms with van der Waals surface area (Å²) < 4.78 is 11.3. The number of halogens is 1. The van der Waals surface area contributed by atoms with Gasteiger partial charge in [0.25, 0.3) is 0 Å². The number of likely N-dealkylation sites (N-methyl/N-ethyl adjacent to an activating group) is 1. The number of guanidine groups is 1. The highest BCUT2D eigenvalue weighted by molar-refractivity contribution is 14.0. The topological polar surface area (TPSA) is 72.1 Å². The number of nitrogens with one attached hydrogen (secondary N) is 1. The lowest BCUT2D eigenvalue weighted by atomic mass is 10.1. The number of nitrogens with zero attached hydrogens (tertiary/aromatic N) is 2. The molecule has 6 nitrogen and oxygen atoms in total. The maximum atomic E-state index is 5.91. The molecule has 0 unspecified atom stereocenters. The molecule has 0 spiro atoms. The standard InChI is InChI=1S/C19H34N4O2.HI/c1-7-23(8-2)11-12-25-16-10-9-15(13-17(16)24-6)14-21-18(20)22-19(3,4)5;/h9-10,13H,7-8,11-12,14H2,1-6H3,(H3,20,21,22);1H. The number of nitrogens with two attached hydrogens (primary N) is 1. The first-order valence-electron chi connectivity index (χ1n) is 8.89. The van der Waals surface area contributed by atoms with E-state index in [4.69, 9.17) is 15.2 Å². The largest absolute Gasteiger partial charge is 0.493 e. The molecular weight excluding hydrogens is 443 g/mol. The zero-order valence-electron chi connectivity index (χ0n) is 17.0. The van der Waals surface area contributed by atoms with Crippen LogP contribution in [0.15, 0.2) is 23.2 Å². The van der Waals surface area contributed by atoms with Crippen molar-refractivity contribution in [2.75, 3.05) is 33.4 Å². The Balaban J connectivity index is 0.00000625. The van der Waals surface area contributed by atoms with Crippen molar-refractivity contribution in [1.82, 2.24) is 10.2 Å². The fraction of sp³-hybridized carbons (Fsp3) is 0.632. The molecule has 0 aliphatic carbocycles. The number of aliphatic imine (C=N–C) groups is 1. The van der Waals surface area contributed by atoms with Gasteiger partial charge in [-0.05, 0) is 51.6 Å². The second-order valence-corrected chi connectivity index (χ2v) is 6.94. The van der Waals surface area contributed by atoms with Crippen molar-refractivity contribution in [3.63, 3.8) is 0 Å². The van der Waals surface area contributed by atoms with Crippen LogP contribution in [0.2, 0.25) is 0 Å². The van der Waals surface area contributed by atoms with E-state index in [2.05, 4.69) is 29.1 Å². The van der Waals surface area contributed by atoms with Gasteiger partial charge >= 0.3 is 0 Å². The van der Waals surface area contributed by atoms with Gasteiger partial charge in [0.15, 0.2) is 17.5 Å². The lowest BCUT2D eigenvalue weighted by molar-refractivity contribution is 0.217. The molecular formula is C19H35IN4O2. The van der Waals surface area contributed by atoms with Crippen molar-refractivity contribution >= 4 is 29.9 Å². The summed E-state index contributed by atoms with van der Waals surface area (Å²) in [7, 11) is 1.65. The van der Waals surface area contributed by atoms with Crippen molar-refractivity contribution in [3.05, 3.63) is 23.8 Å². The molecule has 0 aliphatic rings. The Morgan fingerprint density at radius 2 is 1.85 bits per heavy atom. The van der Waals surface area contributed by atoms with Crippen LogP contribution in [0.3, 0.4) is 0 Å². The van der Waals surface area contributed by atoms with Gasteiger partial charge in [-0.1, -0.05) is 19.9 Å². The molecule has 150 valence electrons. The second-order valence-electron chi connectivity index (χ2n) is 6.94. The van der Waals surface area contributed by atoms with Crippen molar-refractivity contribution in [3.8, 4) is 11.5 Å². The van der Waals surface area contributed by atoms with Crippen LogP contribution in [0.1, 0.15) is 40.2 Å². The minimum absolute atomic E-state index is 0. The highest BCUT2D eigenvalue weighted by atomic mass is 127. The predicted octanol–water partition coefficient (Wildman–Crippen LogP) is 3.24. The van der Waals surface area contributed by atoms with E-state index in [9.17, 15) is 0 Å². The molecule has 26 heavy (non-hydrogen) atoms. The maximum absolute atomic E-state index is 5.91. The minimum atomic E-state index is -0.103. The first kappa shape index (κ1) is 24.8. The van der Waals surface area contributed by atoms with Crippen molar-refractivity contribution < 1.29 is 9.47 Å². The number of benzene rings is 1. The third kappa shape index (κ3) is 9.47. The van der Waals surface area contributed by atoms with Gasteiger partial charge in [-0.25, -0.2) is 4.99 Å². The van der Waals surface area contributed by atoms with E-state index < -0.39 is 0 Å². The molecule has 1 aromatic rings.